The lowest BCUT2D eigenvalue weighted by atomic mass is 10.1. The van der Waals surface area contributed by atoms with Crippen molar-refractivity contribution in [3.8, 4) is 0 Å². The molecule has 2 unspecified atom stereocenters. The lowest BCUT2D eigenvalue weighted by Crippen LogP contribution is -2.55. The van der Waals surface area contributed by atoms with Crippen LogP contribution in [0.15, 0.2) is 0 Å². The summed E-state index contributed by atoms with van der Waals surface area (Å²) in [5.41, 5.74) is 0. The molecule has 2 aliphatic heterocycles. The fourth-order valence-corrected chi connectivity index (χ4v) is 3.10. The number of ether oxygens (including phenoxy) is 2. The Morgan fingerprint density at radius 1 is 1.37 bits per heavy atom. The topological polar surface area (TPSA) is 42.0 Å². The van der Waals surface area contributed by atoms with Crippen LogP contribution in [-0.4, -0.2) is 73.9 Å². The number of carbonyl (C=O) groups is 1. The Balaban J connectivity index is 1.64. The summed E-state index contributed by atoms with van der Waals surface area (Å²) >= 11 is 0. The Morgan fingerprint density at radius 3 is 3.00 bits per heavy atom. The number of carbonyl (C=O) groups excluding carboxylic acids is 1. The standard InChI is InChI=1S/C14H26N2O3/c1-3-19-14(17)11-18-8-7-15-10-13-5-4-6-16(13)9-12(15)2/h12-13H,3-11H2,1-2H3. The molecular formula is C14H26N2O3. The van der Waals surface area contributed by atoms with Crippen molar-refractivity contribution in [1.29, 1.82) is 0 Å². The van der Waals surface area contributed by atoms with Gasteiger partial charge in [-0.25, -0.2) is 4.79 Å². The second kappa shape index (κ2) is 7.22. The maximum absolute atomic E-state index is 11.1. The van der Waals surface area contributed by atoms with E-state index in [0.717, 1.165) is 19.1 Å². The average Bonchev–Trinajstić information content (AvgIpc) is 2.82. The van der Waals surface area contributed by atoms with Gasteiger partial charge in [0.05, 0.1) is 13.2 Å². The van der Waals surface area contributed by atoms with Gasteiger partial charge in [-0.15, -0.1) is 0 Å². The first-order valence-corrected chi connectivity index (χ1v) is 7.42. The van der Waals surface area contributed by atoms with E-state index in [0.29, 0.717) is 19.3 Å². The second-order valence-corrected chi connectivity index (χ2v) is 5.49. The van der Waals surface area contributed by atoms with E-state index in [1.54, 1.807) is 6.92 Å². The summed E-state index contributed by atoms with van der Waals surface area (Å²) in [7, 11) is 0. The molecule has 110 valence electrons. The van der Waals surface area contributed by atoms with Gasteiger partial charge in [-0.2, -0.15) is 0 Å². The molecule has 0 aromatic carbocycles. The van der Waals surface area contributed by atoms with Gasteiger partial charge in [0.2, 0.25) is 0 Å². The zero-order valence-corrected chi connectivity index (χ0v) is 12.1. The summed E-state index contributed by atoms with van der Waals surface area (Å²) in [6.07, 6.45) is 2.66. The van der Waals surface area contributed by atoms with Crippen LogP contribution in [0, 0.1) is 0 Å². The zero-order chi connectivity index (χ0) is 13.7. The third-order valence-electron chi connectivity index (χ3n) is 4.11. The predicted molar refractivity (Wildman–Crippen MR) is 73.1 cm³/mol. The van der Waals surface area contributed by atoms with E-state index in [1.165, 1.54) is 25.9 Å². The van der Waals surface area contributed by atoms with Crippen molar-refractivity contribution in [1.82, 2.24) is 9.80 Å². The van der Waals surface area contributed by atoms with Gasteiger partial charge in [0, 0.05) is 31.7 Å². The average molecular weight is 270 g/mol. The van der Waals surface area contributed by atoms with Gasteiger partial charge in [0.15, 0.2) is 0 Å². The minimum Gasteiger partial charge on any atom is -0.464 e. The van der Waals surface area contributed by atoms with Crippen molar-refractivity contribution in [2.45, 2.75) is 38.8 Å². The Labute approximate surface area is 115 Å². The molecule has 5 heteroatoms. The van der Waals surface area contributed by atoms with E-state index >= 15 is 0 Å². The SMILES string of the molecule is CCOC(=O)COCCN1CC2CCCN2CC1C. The molecular weight excluding hydrogens is 244 g/mol. The van der Waals surface area contributed by atoms with Crippen LogP contribution in [0.3, 0.4) is 0 Å². The highest BCUT2D eigenvalue weighted by molar-refractivity contribution is 5.70. The quantitative estimate of drug-likeness (QED) is 0.526. The van der Waals surface area contributed by atoms with Crippen molar-refractivity contribution in [2.75, 3.05) is 46.0 Å². The lowest BCUT2D eigenvalue weighted by molar-refractivity contribution is -0.148. The predicted octanol–water partition coefficient (Wildman–Crippen LogP) is 0.735. The van der Waals surface area contributed by atoms with E-state index in [2.05, 4.69) is 16.7 Å². The fourth-order valence-electron chi connectivity index (χ4n) is 3.10. The summed E-state index contributed by atoms with van der Waals surface area (Å²) in [5.74, 6) is -0.267. The van der Waals surface area contributed by atoms with E-state index in [1.807, 2.05) is 0 Å². The van der Waals surface area contributed by atoms with Gasteiger partial charge in [-0.3, -0.25) is 9.80 Å². The molecule has 0 bridgehead atoms. The Kier molecular flexibility index (Phi) is 5.60. The van der Waals surface area contributed by atoms with Crippen LogP contribution in [0.5, 0.6) is 0 Å². The highest BCUT2D eigenvalue weighted by atomic mass is 16.6. The van der Waals surface area contributed by atoms with Crippen molar-refractivity contribution in [2.24, 2.45) is 0 Å². The lowest BCUT2D eigenvalue weighted by Gasteiger charge is -2.42. The van der Waals surface area contributed by atoms with Gasteiger partial charge in [-0.1, -0.05) is 0 Å². The maximum atomic E-state index is 11.1. The molecule has 0 amide bonds. The van der Waals surface area contributed by atoms with Crippen LogP contribution in [0.25, 0.3) is 0 Å². The van der Waals surface area contributed by atoms with Crippen molar-refractivity contribution in [3.05, 3.63) is 0 Å². The van der Waals surface area contributed by atoms with Crippen molar-refractivity contribution in [3.63, 3.8) is 0 Å². The number of hydrogen-bond acceptors (Lipinski definition) is 5. The molecule has 2 heterocycles. The highest BCUT2D eigenvalue weighted by Gasteiger charge is 2.33. The Bertz CT molecular complexity index is 298. The third kappa shape index (κ3) is 4.16. The summed E-state index contributed by atoms with van der Waals surface area (Å²) in [6.45, 7) is 9.67. The molecule has 19 heavy (non-hydrogen) atoms. The number of hydrogen-bond donors (Lipinski definition) is 0. The largest absolute Gasteiger partial charge is 0.464 e. The molecule has 2 fully saturated rings. The van der Waals surface area contributed by atoms with E-state index < -0.39 is 0 Å². The highest BCUT2D eigenvalue weighted by Crippen LogP contribution is 2.24. The van der Waals surface area contributed by atoms with Gasteiger partial charge >= 0.3 is 5.97 Å². The summed E-state index contributed by atoms with van der Waals surface area (Å²) in [5, 5.41) is 0. The summed E-state index contributed by atoms with van der Waals surface area (Å²) in [6, 6.07) is 1.32. The minimum atomic E-state index is -0.267. The molecule has 0 aromatic heterocycles. The van der Waals surface area contributed by atoms with E-state index in [9.17, 15) is 4.79 Å². The van der Waals surface area contributed by atoms with Gasteiger partial charge in [0.1, 0.15) is 6.61 Å². The maximum Gasteiger partial charge on any atom is 0.332 e. The number of rotatable bonds is 6. The van der Waals surface area contributed by atoms with Gasteiger partial charge in [0.25, 0.3) is 0 Å². The molecule has 0 aromatic rings. The molecule has 5 nitrogen and oxygen atoms in total. The minimum absolute atomic E-state index is 0.0750. The Hall–Kier alpha value is -0.650. The molecule has 2 aliphatic rings. The van der Waals surface area contributed by atoms with Crippen LogP contribution in [0.4, 0.5) is 0 Å². The molecule has 0 aliphatic carbocycles. The van der Waals surface area contributed by atoms with Crippen LogP contribution >= 0.6 is 0 Å². The molecule has 2 atom stereocenters. The molecule has 0 radical (unpaired) electrons. The number of piperazine rings is 1. The molecule has 2 rings (SSSR count). The smallest absolute Gasteiger partial charge is 0.332 e. The summed E-state index contributed by atoms with van der Waals surface area (Å²) in [4.78, 5) is 16.2. The first-order chi connectivity index (χ1) is 9.20. The molecule has 0 spiro atoms. The molecule has 2 saturated heterocycles. The van der Waals surface area contributed by atoms with Crippen LogP contribution in [-0.2, 0) is 14.3 Å². The number of esters is 1. The Morgan fingerprint density at radius 2 is 2.21 bits per heavy atom. The van der Waals surface area contributed by atoms with Gasteiger partial charge < -0.3 is 9.47 Å². The monoisotopic (exact) mass is 270 g/mol. The molecule has 0 N–H and O–H groups in total. The normalized spacial score (nSPS) is 28.3. The van der Waals surface area contributed by atoms with E-state index in [-0.39, 0.29) is 12.6 Å². The van der Waals surface area contributed by atoms with Gasteiger partial charge in [-0.05, 0) is 33.2 Å². The van der Waals surface area contributed by atoms with Crippen LogP contribution < -0.4 is 0 Å². The second-order valence-electron chi connectivity index (χ2n) is 5.49. The number of nitrogens with zero attached hydrogens (tertiary/aromatic N) is 2. The zero-order valence-electron chi connectivity index (χ0n) is 12.1. The fraction of sp³-hybridized carbons (Fsp3) is 0.929. The van der Waals surface area contributed by atoms with E-state index in [4.69, 9.17) is 9.47 Å². The third-order valence-corrected chi connectivity index (χ3v) is 4.11. The summed E-state index contributed by atoms with van der Waals surface area (Å²) < 4.78 is 10.2. The van der Waals surface area contributed by atoms with Crippen LogP contribution in [0.1, 0.15) is 26.7 Å². The first kappa shape index (κ1) is 14.8. The molecule has 0 saturated carbocycles. The first-order valence-electron chi connectivity index (χ1n) is 7.42. The van der Waals surface area contributed by atoms with Crippen molar-refractivity contribution >= 4 is 5.97 Å². The number of fused-ring (bicyclic) bond motifs is 1. The van der Waals surface area contributed by atoms with Crippen molar-refractivity contribution < 1.29 is 14.3 Å². The van der Waals surface area contributed by atoms with Crippen LogP contribution in [0.2, 0.25) is 0 Å².